The average molecular weight is 441 g/mol. The maximum atomic E-state index is 13.4. The Labute approximate surface area is 188 Å². The van der Waals surface area contributed by atoms with Gasteiger partial charge in [0, 0.05) is 41.8 Å². The summed E-state index contributed by atoms with van der Waals surface area (Å²) < 4.78 is 6.00. The first-order valence-corrected chi connectivity index (χ1v) is 11.4. The lowest BCUT2D eigenvalue weighted by Crippen LogP contribution is -2.52. The van der Waals surface area contributed by atoms with E-state index in [2.05, 4.69) is 0 Å². The van der Waals surface area contributed by atoms with Gasteiger partial charge in [-0.05, 0) is 56.2 Å². The standard InChI is InChI=1S/C25H29ClN2O3/c1-18-6-8-20(9-7-18)25(30)28(22-4-2-3-5-22)17-23-16-27(14-15-31-23)24(29)19-10-12-21(26)13-11-19/h6-13,22-23H,2-5,14-17H2,1H3/t23-/m0/s1. The number of benzene rings is 2. The predicted molar refractivity (Wildman–Crippen MR) is 122 cm³/mol. The van der Waals surface area contributed by atoms with E-state index in [1.807, 2.05) is 41.0 Å². The van der Waals surface area contributed by atoms with Gasteiger partial charge in [-0.25, -0.2) is 0 Å². The molecule has 0 unspecified atom stereocenters. The van der Waals surface area contributed by atoms with Crippen LogP contribution in [-0.4, -0.2) is 60.0 Å². The molecule has 6 heteroatoms. The van der Waals surface area contributed by atoms with Crippen LogP contribution < -0.4 is 0 Å². The van der Waals surface area contributed by atoms with Gasteiger partial charge in [0.2, 0.25) is 0 Å². The summed E-state index contributed by atoms with van der Waals surface area (Å²) in [7, 11) is 0. The lowest BCUT2D eigenvalue weighted by atomic mass is 10.1. The molecule has 0 bridgehead atoms. The molecule has 1 atom stereocenters. The lowest BCUT2D eigenvalue weighted by molar-refractivity contribution is -0.0370. The van der Waals surface area contributed by atoms with Gasteiger partial charge in [0.25, 0.3) is 11.8 Å². The van der Waals surface area contributed by atoms with Crippen LogP contribution in [0.15, 0.2) is 48.5 Å². The molecule has 31 heavy (non-hydrogen) atoms. The summed E-state index contributed by atoms with van der Waals surface area (Å²) in [6.07, 6.45) is 4.15. The molecule has 2 aliphatic rings. The molecule has 0 spiro atoms. The van der Waals surface area contributed by atoms with Gasteiger partial charge in [0.1, 0.15) is 0 Å². The fraction of sp³-hybridized carbons (Fsp3) is 0.440. The highest BCUT2D eigenvalue weighted by Gasteiger charge is 2.32. The molecule has 2 fully saturated rings. The van der Waals surface area contributed by atoms with E-state index in [1.165, 1.54) is 0 Å². The highest BCUT2D eigenvalue weighted by Crippen LogP contribution is 2.26. The normalized spacial score (nSPS) is 19.4. The Morgan fingerprint density at radius 2 is 1.68 bits per heavy atom. The summed E-state index contributed by atoms with van der Waals surface area (Å²) in [4.78, 5) is 30.1. The van der Waals surface area contributed by atoms with E-state index >= 15 is 0 Å². The first kappa shape index (κ1) is 21.8. The Bertz CT molecular complexity index is 907. The third-order valence-corrected chi connectivity index (χ3v) is 6.49. The zero-order valence-electron chi connectivity index (χ0n) is 17.9. The van der Waals surface area contributed by atoms with Crippen LogP contribution in [0.2, 0.25) is 5.02 Å². The van der Waals surface area contributed by atoms with Crippen molar-refractivity contribution in [2.45, 2.75) is 44.8 Å². The van der Waals surface area contributed by atoms with Crippen LogP contribution in [0.1, 0.15) is 52.0 Å². The monoisotopic (exact) mass is 440 g/mol. The first-order chi connectivity index (χ1) is 15.0. The maximum Gasteiger partial charge on any atom is 0.254 e. The van der Waals surface area contributed by atoms with Gasteiger partial charge in [0.15, 0.2) is 0 Å². The molecule has 2 aromatic carbocycles. The summed E-state index contributed by atoms with van der Waals surface area (Å²) in [5.74, 6) is 0.0268. The summed E-state index contributed by atoms with van der Waals surface area (Å²) in [6, 6.07) is 15.0. The van der Waals surface area contributed by atoms with E-state index in [9.17, 15) is 9.59 Å². The third-order valence-electron chi connectivity index (χ3n) is 6.24. The molecule has 1 saturated heterocycles. The summed E-state index contributed by atoms with van der Waals surface area (Å²) in [6.45, 7) is 4.02. The van der Waals surface area contributed by atoms with Gasteiger partial charge in [0.05, 0.1) is 12.7 Å². The Morgan fingerprint density at radius 1 is 1.03 bits per heavy atom. The highest BCUT2D eigenvalue weighted by atomic mass is 35.5. The summed E-state index contributed by atoms with van der Waals surface area (Å²) in [5.41, 5.74) is 2.46. The minimum Gasteiger partial charge on any atom is -0.373 e. The quantitative estimate of drug-likeness (QED) is 0.684. The zero-order valence-corrected chi connectivity index (χ0v) is 18.7. The molecule has 0 radical (unpaired) electrons. The molecule has 2 amide bonds. The second-order valence-corrected chi connectivity index (χ2v) is 8.95. The van der Waals surface area contributed by atoms with Crippen LogP contribution in [0.3, 0.4) is 0 Å². The third kappa shape index (κ3) is 5.28. The van der Waals surface area contributed by atoms with Crippen molar-refractivity contribution in [2.24, 2.45) is 0 Å². The number of hydrogen-bond donors (Lipinski definition) is 0. The van der Waals surface area contributed by atoms with E-state index in [1.54, 1.807) is 24.3 Å². The number of nitrogens with zero attached hydrogens (tertiary/aromatic N) is 2. The van der Waals surface area contributed by atoms with Gasteiger partial charge in [-0.15, -0.1) is 0 Å². The van der Waals surface area contributed by atoms with Gasteiger partial charge < -0.3 is 14.5 Å². The van der Waals surface area contributed by atoms with E-state index in [0.29, 0.717) is 42.4 Å². The van der Waals surface area contributed by atoms with Gasteiger partial charge in [-0.3, -0.25) is 9.59 Å². The Hall–Kier alpha value is -2.37. The van der Waals surface area contributed by atoms with Crippen molar-refractivity contribution in [3.8, 4) is 0 Å². The molecular weight excluding hydrogens is 412 g/mol. The molecule has 164 valence electrons. The molecule has 1 saturated carbocycles. The topological polar surface area (TPSA) is 49.9 Å². The number of ether oxygens (including phenoxy) is 1. The molecule has 1 aliphatic carbocycles. The number of rotatable bonds is 5. The van der Waals surface area contributed by atoms with Crippen LogP contribution in [0.4, 0.5) is 0 Å². The molecule has 4 rings (SSSR count). The minimum absolute atomic E-state index is 0.0257. The van der Waals surface area contributed by atoms with Gasteiger partial charge in [-0.1, -0.05) is 42.1 Å². The van der Waals surface area contributed by atoms with Crippen molar-refractivity contribution < 1.29 is 14.3 Å². The lowest BCUT2D eigenvalue weighted by Gasteiger charge is -2.38. The number of amides is 2. The zero-order chi connectivity index (χ0) is 21.8. The number of carbonyl (C=O) groups is 2. The summed E-state index contributed by atoms with van der Waals surface area (Å²) in [5, 5.41) is 0.609. The van der Waals surface area contributed by atoms with Crippen LogP contribution >= 0.6 is 11.6 Å². The van der Waals surface area contributed by atoms with Crippen LogP contribution in [-0.2, 0) is 4.74 Å². The van der Waals surface area contributed by atoms with Gasteiger partial charge in [-0.2, -0.15) is 0 Å². The number of aryl methyl sites for hydroxylation is 1. The molecule has 0 N–H and O–H groups in total. The number of halogens is 1. The number of hydrogen-bond acceptors (Lipinski definition) is 3. The fourth-order valence-corrected chi connectivity index (χ4v) is 4.61. The van der Waals surface area contributed by atoms with Gasteiger partial charge >= 0.3 is 0 Å². The number of carbonyl (C=O) groups excluding carboxylic acids is 2. The average Bonchev–Trinajstić information content (AvgIpc) is 3.32. The molecular formula is C25H29ClN2O3. The Balaban J connectivity index is 1.47. The van der Waals surface area contributed by atoms with Crippen LogP contribution in [0, 0.1) is 6.92 Å². The van der Waals surface area contributed by atoms with E-state index in [-0.39, 0.29) is 24.0 Å². The first-order valence-electron chi connectivity index (χ1n) is 11.1. The Kier molecular flexibility index (Phi) is 6.93. The van der Waals surface area contributed by atoms with Crippen molar-refractivity contribution in [1.82, 2.24) is 9.80 Å². The largest absolute Gasteiger partial charge is 0.373 e. The minimum atomic E-state index is -0.194. The summed E-state index contributed by atoms with van der Waals surface area (Å²) >= 11 is 5.95. The van der Waals surface area contributed by atoms with Crippen molar-refractivity contribution in [3.63, 3.8) is 0 Å². The van der Waals surface area contributed by atoms with Crippen molar-refractivity contribution in [2.75, 3.05) is 26.2 Å². The predicted octanol–water partition coefficient (Wildman–Crippen LogP) is 4.57. The fourth-order valence-electron chi connectivity index (χ4n) is 4.48. The van der Waals surface area contributed by atoms with Crippen LogP contribution in [0.25, 0.3) is 0 Å². The SMILES string of the molecule is Cc1ccc(C(=O)N(C[C@@H]2CN(C(=O)c3ccc(Cl)cc3)CCO2)C2CCCC2)cc1. The molecule has 1 aliphatic heterocycles. The van der Waals surface area contributed by atoms with E-state index in [0.717, 1.165) is 31.2 Å². The molecule has 5 nitrogen and oxygen atoms in total. The van der Waals surface area contributed by atoms with E-state index < -0.39 is 0 Å². The number of morpholine rings is 1. The molecule has 1 heterocycles. The second-order valence-electron chi connectivity index (χ2n) is 8.51. The maximum absolute atomic E-state index is 13.4. The second kappa shape index (κ2) is 9.84. The molecule has 2 aromatic rings. The van der Waals surface area contributed by atoms with E-state index in [4.69, 9.17) is 16.3 Å². The van der Waals surface area contributed by atoms with Crippen LogP contribution in [0.5, 0.6) is 0 Å². The van der Waals surface area contributed by atoms with Crippen molar-refractivity contribution >= 4 is 23.4 Å². The Morgan fingerprint density at radius 3 is 2.35 bits per heavy atom. The highest BCUT2D eigenvalue weighted by molar-refractivity contribution is 6.30. The van der Waals surface area contributed by atoms with Crippen molar-refractivity contribution in [3.05, 3.63) is 70.2 Å². The molecule has 0 aromatic heterocycles. The van der Waals surface area contributed by atoms with Crippen molar-refractivity contribution in [1.29, 1.82) is 0 Å². The smallest absolute Gasteiger partial charge is 0.254 e.